The van der Waals surface area contributed by atoms with Crippen molar-refractivity contribution >= 4 is 5.78 Å². The topological polar surface area (TPSA) is 40.9 Å². The highest BCUT2D eigenvalue weighted by atomic mass is 16.1. The van der Waals surface area contributed by atoms with Gasteiger partial charge >= 0.3 is 0 Å². The summed E-state index contributed by atoms with van der Waals surface area (Å²) in [4.78, 5) is 12.6. The molecular weight excluding hydrogens is 258 g/mol. The Morgan fingerprint density at radius 3 is 2.19 bits per heavy atom. The maximum Gasteiger partial charge on any atom is 0.165 e. The van der Waals surface area contributed by atoms with E-state index in [1.165, 1.54) is 0 Å². The number of carbonyl (C=O) groups excluding carboxylic acids is 1. The van der Waals surface area contributed by atoms with E-state index in [0.717, 1.165) is 27.8 Å². The third kappa shape index (κ3) is 3.38. The zero-order valence-corrected chi connectivity index (χ0v) is 12.7. The average Bonchev–Trinajstić information content (AvgIpc) is 2.44. The Labute approximate surface area is 126 Å². The van der Waals surface area contributed by atoms with Crippen LogP contribution in [0.2, 0.25) is 0 Å². The van der Waals surface area contributed by atoms with Gasteiger partial charge in [-0.15, -0.1) is 0 Å². The predicted molar refractivity (Wildman–Crippen MR) is 84.4 cm³/mol. The average molecular weight is 277 g/mol. The zero-order chi connectivity index (χ0) is 15.4. The van der Waals surface area contributed by atoms with E-state index in [4.69, 9.17) is 0 Å². The number of aryl methyl sites for hydroxylation is 3. The van der Waals surface area contributed by atoms with Crippen molar-refractivity contribution in [3.8, 4) is 6.07 Å². The lowest BCUT2D eigenvalue weighted by Crippen LogP contribution is -2.10. The molecule has 2 aromatic rings. The van der Waals surface area contributed by atoms with E-state index in [9.17, 15) is 10.1 Å². The van der Waals surface area contributed by atoms with Gasteiger partial charge in [-0.05, 0) is 37.5 Å². The summed E-state index contributed by atoms with van der Waals surface area (Å²) in [5.41, 5.74) is 4.79. The smallest absolute Gasteiger partial charge is 0.165 e. The standard InChI is InChI=1S/C19H19NO/c1-13-9-14(2)19(15(3)10-13)18(21)11-17(12-20)16-7-5-4-6-8-16/h4-10,17H,11H2,1-3H3. The highest BCUT2D eigenvalue weighted by molar-refractivity contribution is 5.99. The van der Waals surface area contributed by atoms with E-state index in [-0.39, 0.29) is 18.1 Å². The minimum absolute atomic E-state index is 0.0420. The maximum absolute atomic E-state index is 12.6. The second-order valence-electron chi connectivity index (χ2n) is 5.49. The van der Waals surface area contributed by atoms with Crippen LogP contribution in [0.4, 0.5) is 0 Å². The Balaban J connectivity index is 2.28. The van der Waals surface area contributed by atoms with Crippen LogP contribution >= 0.6 is 0 Å². The van der Waals surface area contributed by atoms with Crippen LogP contribution < -0.4 is 0 Å². The van der Waals surface area contributed by atoms with Crippen LogP contribution in [0.1, 0.15) is 45.0 Å². The third-order valence-electron chi connectivity index (χ3n) is 3.70. The molecule has 0 aliphatic rings. The van der Waals surface area contributed by atoms with Crippen LogP contribution in [0.5, 0.6) is 0 Å². The lowest BCUT2D eigenvalue weighted by molar-refractivity contribution is 0.0978. The van der Waals surface area contributed by atoms with E-state index in [1.807, 2.05) is 63.2 Å². The molecule has 2 aromatic carbocycles. The van der Waals surface area contributed by atoms with Gasteiger partial charge in [0, 0.05) is 12.0 Å². The molecule has 106 valence electrons. The van der Waals surface area contributed by atoms with Gasteiger partial charge in [-0.1, -0.05) is 48.0 Å². The van der Waals surface area contributed by atoms with E-state index >= 15 is 0 Å². The number of rotatable bonds is 4. The summed E-state index contributed by atoms with van der Waals surface area (Å²) in [7, 11) is 0. The van der Waals surface area contributed by atoms with Gasteiger partial charge in [0.25, 0.3) is 0 Å². The van der Waals surface area contributed by atoms with Crippen molar-refractivity contribution in [1.29, 1.82) is 5.26 Å². The summed E-state index contributed by atoms with van der Waals surface area (Å²) in [6, 6.07) is 15.8. The lowest BCUT2D eigenvalue weighted by atomic mass is 9.89. The highest BCUT2D eigenvalue weighted by Gasteiger charge is 2.19. The molecule has 1 atom stereocenters. The van der Waals surface area contributed by atoms with E-state index < -0.39 is 0 Å². The van der Waals surface area contributed by atoms with Gasteiger partial charge in [0.15, 0.2) is 5.78 Å². The van der Waals surface area contributed by atoms with Crippen LogP contribution in [0.15, 0.2) is 42.5 Å². The Kier molecular flexibility index (Phi) is 4.55. The predicted octanol–water partition coefficient (Wildman–Crippen LogP) is 4.49. The molecule has 1 unspecified atom stereocenters. The first-order valence-electron chi connectivity index (χ1n) is 7.08. The highest BCUT2D eigenvalue weighted by Crippen LogP contribution is 2.24. The van der Waals surface area contributed by atoms with Crippen LogP contribution in [-0.2, 0) is 0 Å². The third-order valence-corrected chi connectivity index (χ3v) is 3.70. The molecular formula is C19H19NO. The molecule has 2 nitrogen and oxygen atoms in total. The molecule has 0 saturated heterocycles. The van der Waals surface area contributed by atoms with Crippen molar-refractivity contribution in [3.63, 3.8) is 0 Å². The molecule has 0 spiro atoms. The first kappa shape index (κ1) is 15.0. The fourth-order valence-corrected chi connectivity index (χ4v) is 2.83. The van der Waals surface area contributed by atoms with Crippen molar-refractivity contribution < 1.29 is 4.79 Å². The Bertz CT molecular complexity index is 672. The van der Waals surface area contributed by atoms with Crippen molar-refractivity contribution in [2.24, 2.45) is 0 Å². The van der Waals surface area contributed by atoms with Gasteiger partial charge in [0.2, 0.25) is 0 Å². The van der Waals surface area contributed by atoms with Gasteiger partial charge in [-0.2, -0.15) is 5.26 Å². The number of carbonyl (C=O) groups is 1. The van der Waals surface area contributed by atoms with Crippen molar-refractivity contribution in [2.75, 3.05) is 0 Å². The summed E-state index contributed by atoms with van der Waals surface area (Å²) in [5, 5.41) is 9.36. The minimum atomic E-state index is -0.390. The van der Waals surface area contributed by atoms with Crippen LogP contribution in [0.3, 0.4) is 0 Å². The van der Waals surface area contributed by atoms with E-state index in [0.29, 0.717) is 0 Å². The number of ketones is 1. The fourth-order valence-electron chi connectivity index (χ4n) is 2.83. The molecule has 0 heterocycles. The second-order valence-corrected chi connectivity index (χ2v) is 5.49. The number of hydrogen-bond donors (Lipinski definition) is 0. The van der Waals surface area contributed by atoms with Crippen molar-refractivity contribution in [3.05, 3.63) is 70.3 Å². The zero-order valence-electron chi connectivity index (χ0n) is 12.7. The first-order valence-corrected chi connectivity index (χ1v) is 7.08. The summed E-state index contributed by atoms with van der Waals surface area (Å²) in [6.07, 6.45) is 0.227. The van der Waals surface area contributed by atoms with Gasteiger partial charge in [-0.25, -0.2) is 0 Å². The monoisotopic (exact) mass is 277 g/mol. The Morgan fingerprint density at radius 2 is 1.67 bits per heavy atom. The molecule has 0 radical (unpaired) electrons. The second kappa shape index (κ2) is 6.37. The number of benzene rings is 2. The van der Waals surface area contributed by atoms with Gasteiger partial charge in [-0.3, -0.25) is 4.79 Å². The summed E-state index contributed by atoms with van der Waals surface area (Å²) >= 11 is 0. The molecule has 0 bridgehead atoms. The molecule has 0 aliphatic heterocycles. The number of nitrogens with zero attached hydrogens (tertiary/aromatic N) is 1. The van der Waals surface area contributed by atoms with Gasteiger partial charge in [0.05, 0.1) is 12.0 Å². The molecule has 0 amide bonds. The molecule has 0 aliphatic carbocycles. The maximum atomic E-state index is 12.6. The van der Waals surface area contributed by atoms with Gasteiger partial charge < -0.3 is 0 Å². The van der Waals surface area contributed by atoms with Crippen LogP contribution in [0.25, 0.3) is 0 Å². The number of hydrogen-bond acceptors (Lipinski definition) is 2. The normalized spacial score (nSPS) is 11.7. The van der Waals surface area contributed by atoms with E-state index in [1.54, 1.807) is 0 Å². The lowest BCUT2D eigenvalue weighted by Gasteiger charge is -2.13. The molecule has 0 N–H and O–H groups in total. The summed E-state index contributed by atoms with van der Waals surface area (Å²) in [6.45, 7) is 5.94. The van der Waals surface area contributed by atoms with Crippen molar-refractivity contribution in [1.82, 2.24) is 0 Å². The Hall–Kier alpha value is -2.40. The van der Waals surface area contributed by atoms with Crippen LogP contribution in [-0.4, -0.2) is 5.78 Å². The molecule has 0 aromatic heterocycles. The summed E-state index contributed by atoms with van der Waals surface area (Å²) in [5.74, 6) is -0.348. The van der Waals surface area contributed by atoms with Gasteiger partial charge in [0.1, 0.15) is 0 Å². The minimum Gasteiger partial charge on any atom is -0.294 e. The van der Waals surface area contributed by atoms with Crippen LogP contribution in [0, 0.1) is 32.1 Å². The molecule has 21 heavy (non-hydrogen) atoms. The van der Waals surface area contributed by atoms with Crippen molar-refractivity contribution in [2.45, 2.75) is 33.1 Å². The molecule has 0 fully saturated rings. The molecule has 0 saturated carbocycles. The molecule has 2 rings (SSSR count). The Morgan fingerprint density at radius 1 is 1.10 bits per heavy atom. The summed E-state index contributed by atoms with van der Waals surface area (Å²) < 4.78 is 0. The quantitative estimate of drug-likeness (QED) is 0.772. The molecule has 2 heteroatoms. The number of Topliss-reactive ketones (excluding diaryl/α,β-unsaturated/α-hetero) is 1. The first-order chi connectivity index (χ1) is 10.0. The van der Waals surface area contributed by atoms with E-state index in [2.05, 4.69) is 6.07 Å². The largest absolute Gasteiger partial charge is 0.294 e. The fraction of sp³-hybridized carbons (Fsp3) is 0.263. The SMILES string of the molecule is Cc1cc(C)c(C(=O)CC(C#N)c2ccccc2)c(C)c1. The number of nitriles is 1.